The van der Waals surface area contributed by atoms with Crippen LogP contribution in [0, 0.1) is 30.6 Å². The zero-order valence-corrected chi connectivity index (χ0v) is 19.6. The number of hydrogen-bond donors (Lipinski definition) is 3. The normalized spacial score (nSPS) is 15.1. The number of aliphatic carboxylic acids is 1. The van der Waals surface area contributed by atoms with Gasteiger partial charge in [0.25, 0.3) is 0 Å². The number of piperidine rings is 1. The summed E-state index contributed by atoms with van der Waals surface area (Å²) in [4.78, 5) is 35.2. The number of aromatic nitrogens is 4. The topological polar surface area (TPSA) is 150 Å². The van der Waals surface area contributed by atoms with Crippen molar-refractivity contribution in [3.8, 4) is 11.5 Å². The summed E-state index contributed by atoms with van der Waals surface area (Å²) in [6, 6.07) is 3.98. The first-order valence-electron chi connectivity index (χ1n) is 11.3. The average Bonchev–Trinajstić information content (AvgIpc) is 2.78. The van der Waals surface area contributed by atoms with E-state index in [1.54, 1.807) is 0 Å². The molecule has 0 aliphatic carbocycles. The van der Waals surface area contributed by atoms with E-state index >= 15 is 0 Å². The van der Waals surface area contributed by atoms with Gasteiger partial charge < -0.3 is 19.3 Å². The van der Waals surface area contributed by atoms with E-state index in [1.165, 1.54) is 6.92 Å². The van der Waals surface area contributed by atoms with Crippen molar-refractivity contribution in [2.75, 3.05) is 19.6 Å². The molecule has 11 heteroatoms. The van der Waals surface area contributed by atoms with Crippen molar-refractivity contribution >= 4 is 22.9 Å². The molecule has 0 radical (unpaired) electrons. The number of fused-ring (bicyclic) bond motifs is 2. The molecule has 11 nitrogen and oxygen atoms in total. The molecule has 34 heavy (non-hydrogen) atoms. The van der Waals surface area contributed by atoms with Crippen molar-refractivity contribution in [3.63, 3.8) is 0 Å². The number of ether oxygens (including phenoxy) is 1. The molecular formula is C23H29N7O4. The fourth-order valence-electron chi connectivity index (χ4n) is 4.30. The second-order valence-corrected chi connectivity index (χ2v) is 8.82. The zero-order valence-electron chi connectivity index (χ0n) is 19.6. The van der Waals surface area contributed by atoms with Gasteiger partial charge in [-0.25, -0.2) is 14.3 Å². The number of nitrogens with zero attached hydrogens (tertiary/aromatic N) is 5. The Bertz CT molecular complexity index is 1350. The van der Waals surface area contributed by atoms with Gasteiger partial charge in [0, 0.05) is 20.0 Å². The highest BCUT2D eigenvalue weighted by atomic mass is 16.5. The number of carboxylic acid groups (broad SMARTS) is 1. The zero-order chi connectivity index (χ0) is 24.6. The van der Waals surface area contributed by atoms with Crippen LogP contribution in [-0.4, -0.2) is 60.6 Å². The van der Waals surface area contributed by atoms with Gasteiger partial charge in [0.05, 0.1) is 17.0 Å². The molecule has 0 spiro atoms. The lowest BCUT2D eigenvalue weighted by molar-refractivity contribution is -0.143. The minimum Gasteiger partial charge on any atom is -0.481 e. The minimum absolute atomic E-state index is 0.0642. The van der Waals surface area contributed by atoms with Crippen molar-refractivity contribution in [2.24, 2.45) is 5.92 Å². The molecule has 1 fully saturated rings. The van der Waals surface area contributed by atoms with E-state index < -0.39 is 11.7 Å². The van der Waals surface area contributed by atoms with Crippen molar-refractivity contribution in [3.05, 3.63) is 39.2 Å². The lowest BCUT2D eigenvalue weighted by atomic mass is 9.97. The Labute approximate surface area is 196 Å². The van der Waals surface area contributed by atoms with Crippen LogP contribution >= 0.6 is 0 Å². The Morgan fingerprint density at radius 2 is 1.82 bits per heavy atom. The molecule has 0 saturated carbocycles. The molecule has 3 N–H and O–H groups in total. The Kier molecular flexibility index (Phi) is 6.47. The molecule has 3 heterocycles. The Morgan fingerprint density at radius 3 is 2.47 bits per heavy atom. The molecule has 3 aliphatic heterocycles. The summed E-state index contributed by atoms with van der Waals surface area (Å²) in [5.41, 5.74) is 3.20. The summed E-state index contributed by atoms with van der Waals surface area (Å²) >= 11 is 0. The highest BCUT2D eigenvalue weighted by molar-refractivity contribution is 5.81. The second kappa shape index (κ2) is 9.34. The lowest BCUT2D eigenvalue weighted by Gasteiger charge is -2.30. The number of aryl methyl sites for hydroxylation is 2. The number of carbonyl (C=O) groups is 1. The smallest absolute Gasteiger partial charge is 0.354 e. The van der Waals surface area contributed by atoms with E-state index in [0.29, 0.717) is 50.4 Å². The molecule has 180 valence electrons. The number of carboxylic acids is 1. The summed E-state index contributed by atoms with van der Waals surface area (Å²) in [6.45, 7) is 7.75. The Balaban J connectivity index is 1.77. The van der Waals surface area contributed by atoms with Gasteiger partial charge in [-0.05, 0) is 63.0 Å². The summed E-state index contributed by atoms with van der Waals surface area (Å²) in [7, 11) is 0. The summed E-state index contributed by atoms with van der Waals surface area (Å²) < 4.78 is 8.13. The van der Waals surface area contributed by atoms with Gasteiger partial charge in [0.15, 0.2) is 23.9 Å². The third kappa shape index (κ3) is 4.56. The van der Waals surface area contributed by atoms with Gasteiger partial charge in [-0.15, -0.1) is 0 Å². The van der Waals surface area contributed by atoms with Crippen LogP contribution in [0.2, 0.25) is 0 Å². The SMILES string of the molecule is CC(=N)OCn1c(=O)nc2n(CCN3CCC(C(=O)O)CC3)c3cc(C)c(C)cc3nc-2c1=N. The van der Waals surface area contributed by atoms with Crippen LogP contribution in [0.3, 0.4) is 0 Å². The largest absolute Gasteiger partial charge is 0.481 e. The fraction of sp³-hybridized carbons (Fsp3) is 0.478. The average molecular weight is 468 g/mol. The van der Waals surface area contributed by atoms with E-state index in [-0.39, 0.29) is 29.7 Å². The van der Waals surface area contributed by atoms with E-state index in [0.717, 1.165) is 21.2 Å². The van der Waals surface area contributed by atoms with Crippen LogP contribution in [0.15, 0.2) is 16.9 Å². The van der Waals surface area contributed by atoms with Crippen LogP contribution in [0.4, 0.5) is 0 Å². The van der Waals surface area contributed by atoms with Crippen molar-refractivity contribution in [1.29, 1.82) is 10.8 Å². The van der Waals surface area contributed by atoms with Gasteiger partial charge in [0.2, 0.25) is 0 Å². The van der Waals surface area contributed by atoms with Gasteiger partial charge >= 0.3 is 11.7 Å². The maximum Gasteiger partial charge on any atom is 0.354 e. The van der Waals surface area contributed by atoms with Gasteiger partial charge in [-0.2, -0.15) is 4.98 Å². The quantitative estimate of drug-likeness (QED) is 0.283. The maximum atomic E-state index is 12.8. The number of likely N-dealkylation sites (tertiary alicyclic amines) is 1. The number of hydrogen-bond acceptors (Lipinski definition) is 8. The molecular weight excluding hydrogens is 438 g/mol. The van der Waals surface area contributed by atoms with E-state index in [2.05, 4.69) is 14.9 Å². The first kappa shape index (κ1) is 23.6. The molecule has 0 atom stereocenters. The first-order chi connectivity index (χ1) is 16.2. The van der Waals surface area contributed by atoms with Gasteiger partial charge in [0.1, 0.15) is 5.69 Å². The fourth-order valence-corrected chi connectivity index (χ4v) is 4.30. The number of benzene rings is 1. The third-order valence-corrected chi connectivity index (χ3v) is 6.49. The van der Waals surface area contributed by atoms with Crippen LogP contribution in [0.5, 0.6) is 0 Å². The molecule has 1 saturated heterocycles. The first-order valence-corrected chi connectivity index (χ1v) is 11.3. The maximum absolute atomic E-state index is 12.8. The Morgan fingerprint density at radius 1 is 1.15 bits per heavy atom. The van der Waals surface area contributed by atoms with E-state index in [9.17, 15) is 14.7 Å². The van der Waals surface area contributed by atoms with Crippen LogP contribution < -0.4 is 11.2 Å². The Hall–Kier alpha value is -3.60. The predicted molar refractivity (Wildman–Crippen MR) is 125 cm³/mol. The molecule has 0 aromatic heterocycles. The highest BCUT2D eigenvalue weighted by Crippen LogP contribution is 2.24. The minimum atomic E-state index is -0.739. The van der Waals surface area contributed by atoms with Crippen LogP contribution in [-0.2, 0) is 22.8 Å². The summed E-state index contributed by atoms with van der Waals surface area (Å²) in [5, 5.41) is 25.3. The lowest BCUT2D eigenvalue weighted by Crippen LogP contribution is -2.41. The molecule has 1 aromatic carbocycles. The molecule has 0 unspecified atom stereocenters. The molecule has 3 aliphatic rings. The van der Waals surface area contributed by atoms with Crippen molar-refractivity contribution in [1.82, 2.24) is 24.0 Å². The third-order valence-electron chi connectivity index (χ3n) is 6.49. The molecule has 0 bridgehead atoms. The van der Waals surface area contributed by atoms with Gasteiger partial charge in [-0.1, -0.05) is 0 Å². The second-order valence-electron chi connectivity index (χ2n) is 8.82. The number of nitrogens with one attached hydrogen (secondary N) is 2. The molecule has 0 amide bonds. The summed E-state index contributed by atoms with van der Waals surface area (Å²) in [5.74, 6) is -0.772. The summed E-state index contributed by atoms with van der Waals surface area (Å²) in [6.07, 6.45) is 1.23. The number of rotatable bonds is 6. The van der Waals surface area contributed by atoms with E-state index in [1.807, 2.05) is 30.5 Å². The molecule has 4 rings (SSSR count). The monoisotopic (exact) mass is 467 g/mol. The van der Waals surface area contributed by atoms with Crippen molar-refractivity contribution < 1.29 is 14.6 Å². The van der Waals surface area contributed by atoms with Crippen LogP contribution in [0.1, 0.15) is 30.9 Å². The van der Waals surface area contributed by atoms with Crippen LogP contribution in [0.25, 0.3) is 22.6 Å². The predicted octanol–water partition coefficient (Wildman–Crippen LogP) is 1.56. The van der Waals surface area contributed by atoms with E-state index in [4.69, 9.17) is 15.6 Å². The standard InChI is InChI=1S/C23H29N7O4/c1-13-10-17-18(11-14(13)2)29(9-8-28-6-4-16(5-7-28)22(31)32)21-19(26-17)20(25)30(23(33)27-21)12-34-15(3)24/h10-11,16,24-25H,4-9,12H2,1-3H3,(H,31,32). The highest BCUT2D eigenvalue weighted by Gasteiger charge is 2.25. The van der Waals surface area contributed by atoms with Crippen molar-refractivity contribution in [2.45, 2.75) is 46.9 Å². The van der Waals surface area contributed by atoms with Gasteiger partial charge in [-0.3, -0.25) is 15.6 Å². The molecule has 1 aromatic rings.